The van der Waals surface area contributed by atoms with Crippen molar-refractivity contribution >= 4 is 22.4 Å². The molecule has 2 aromatic carbocycles. The van der Waals surface area contributed by atoms with E-state index in [1.54, 1.807) is 21.0 Å². The van der Waals surface area contributed by atoms with Gasteiger partial charge in [0, 0.05) is 37.1 Å². The molecular weight excluding hydrogens is 419 g/mol. The van der Waals surface area contributed by atoms with Gasteiger partial charge in [-0.1, -0.05) is 18.2 Å². The van der Waals surface area contributed by atoms with E-state index in [0.717, 1.165) is 43.4 Å². The molecular formula is C23H26F3N5O. The van der Waals surface area contributed by atoms with Gasteiger partial charge in [-0.05, 0) is 26.0 Å². The molecule has 0 bridgehead atoms. The molecule has 6 nitrogen and oxygen atoms in total. The van der Waals surface area contributed by atoms with E-state index in [0.29, 0.717) is 22.8 Å². The number of nitrogens with zero attached hydrogens (tertiary/aromatic N) is 3. The first-order valence-electron chi connectivity index (χ1n) is 10.5. The van der Waals surface area contributed by atoms with Crippen molar-refractivity contribution in [2.75, 3.05) is 43.5 Å². The molecule has 3 aromatic rings. The van der Waals surface area contributed by atoms with Crippen LogP contribution < -0.4 is 20.3 Å². The van der Waals surface area contributed by atoms with Crippen LogP contribution in [-0.2, 0) is 0 Å². The van der Waals surface area contributed by atoms with E-state index < -0.39 is 23.8 Å². The molecule has 9 heteroatoms. The quantitative estimate of drug-likeness (QED) is 0.578. The van der Waals surface area contributed by atoms with E-state index in [9.17, 15) is 13.2 Å². The summed E-state index contributed by atoms with van der Waals surface area (Å²) < 4.78 is 46.6. The maximum atomic E-state index is 14.7. The minimum absolute atomic E-state index is 0.150. The lowest BCUT2D eigenvalue weighted by atomic mass is 10.0. The van der Waals surface area contributed by atoms with E-state index in [2.05, 4.69) is 25.5 Å². The summed E-state index contributed by atoms with van der Waals surface area (Å²) >= 11 is 0. The molecule has 170 valence electrons. The predicted molar refractivity (Wildman–Crippen MR) is 119 cm³/mol. The number of anilines is 2. The van der Waals surface area contributed by atoms with Crippen molar-refractivity contribution in [3.8, 4) is 5.75 Å². The number of benzene rings is 2. The number of ether oxygens (including phenoxy) is 1. The summed E-state index contributed by atoms with van der Waals surface area (Å²) in [5.74, 6) is 0.821. The molecule has 0 radical (unpaired) electrons. The van der Waals surface area contributed by atoms with Crippen LogP contribution in [0.2, 0.25) is 0 Å². The fourth-order valence-corrected chi connectivity index (χ4v) is 4.04. The molecule has 2 N–H and O–H groups in total. The number of hydrogen-bond acceptors (Lipinski definition) is 6. The van der Waals surface area contributed by atoms with Gasteiger partial charge in [0.1, 0.15) is 23.2 Å². The van der Waals surface area contributed by atoms with Gasteiger partial charge in [0.05, 0.1) is 29.9 Å². The summed E-state index contributed by atoms with van der Waals surface area (Å²) in [6.45, 7) is 6.97. The van der Waals surface area contributed by atoms with E-state index in [4.69, 9.17) is 4.74 Å². The maximum absolute atomic E-state index is 14.7. The second-order valence-electron chi connectivity index (χ2n) is 7.81. The van der Waals surface area contributed by atoms with E-state index in [-0.39, 0.29) is 5.56 Å². The SMILES string of the molecule is COc1cc2c(NC(C)c3cccc(C(F)F)c3F)nc(C)nc2cc1N1CCNCC1. The average molecular weight is 445 g/mol. The molecule has 0 spiro atoms. The molecule has 4 rings (SSSR count). The first kappa shape index (κ1) is 22.1. The summed E-state index contributed by atoms with van der Waals surface area (Å²) in [6, 6.07) is 7.28. The number of nitrogens with one attached hydrogen (secondary N) is 2. The topological polar surface area (TPSA) is 62.3 Å². The number of aryl methyl sites for hydroxylation is 1. The Hall–Kier alpha value is -3.07. The van der Waals surface area contributed by atoms with Gasteiger partial charge in [0.15, 0.2) is 0 Å². The zero-order chi connectivity index (χ0) is 22.8. The molecule has 1 unspecified atom stereocenters. The minimum Gasteiger partial charge on any atom is -0.495 e. The lowest BCUT2D eigenvalue weighted by molar-refractivity contribution is 0.146. The fraction of sp³-hybridized carbons (Fsp3) is 0.391. The zero-order valence-corrected chi connectivity index (χ0v) is 18.3. The Bertz CT molecular complexity index is 1120. The average Bonchev–Trinajstić information content (AvgIpc) is 2.78. The summed E-state index contributed by atoms with van der Waals surface area (Å²) in [5, 5.41) is 7.23. The van der Waals surface area contributed by atoms with Gasteiger partial charge in [-0.25, -0.2) is 23.1 Å². The maximum Gasteiger partial charge on any atom is 0.266 e. The van der Waals surface area contributed by atoms with Gasteiger partial charge in [0.2, 0.25) is 0 Å². The Morgan fingerprint density at radius 1 is 1.12 bits per heavy atom. The molecule has 1 aliphatic rings. The molecule has 1 fully saturated rings. The number of alkyl halides is 2. The third-order valence-electron chi connectivity index (χ3n) is 5.68. The number of halogens is 3. The fourth-order valence-electron chi connectivity index (χ4n) is 4.04. The van der Waals surface area contributed by atoms with Crippen molar-refractivity contribution in [2.45, 2.75) is 26.3 Å². The van der Waals surface area contributed by atoms with E-state index in [1.165, 1.54) is 12.1 Å². The number of piperazine rings is 1. The molecule has 1 aromatic heterocycles. The van der Waals surface area contributed by atoms with Crippen LogP contribution in [0, 0.1) is 12.7 Å². The van der Waals surface area contributed by atoms with Gasteiger partial charge in [0.25, 0.3) is 6.43 Å². The van der Waals surface area contributed by atoms with Crippen LogP contribution in [0.15, 0.2) is 30.3 Å². The molecule has 0 aliphatic carbocycles. The van der Waals surface area contributed by atoms with E-state index >= 15 is 0 Å². The van der Waals surface area contributed by atoms with Gasteiger partial charge in [-0.3, -0.25) is 0 Å². The molecule has 2 heterocycles. The number of hydrogen-bond donors (Lipinski definition) is 2. The van der Waals surface area contributed by atoms with E-state index in [1.807, 2.05) is 12.1 Å². The highest BCUT2D eigenvalue weighted by atomic mass is 19.3. The summed E-state index contributed by atoms with van der Waals surface area (Å²) in [7, 11) is 1.61. The summed E-state index contributed by atoms with van der Waals surface area (Å²) in [4.78, 5) is 11.3. The van der Waals surface area contributed by atoms with Crippen molar-refractivity contribution in [3.05, 3.63) is 53.1 Å². The third-order valence-corrected chi connectivity index (χ3v) is 5.68. The Labute approximate surface area is 184 Å². The number of methoxy groups -OCH3 is 1. The molecule has 32 heavy (non-hydrogen) atoms. The third kappa shape index (κ3) is 4.29. The van der Waals surface area contributed by atoms with Gasteiger partial charge < -0.3 is 20.3 Å². The van der Waals surface area contributed by atoms with Gasteiger partial charge in [-0.15, -0.1) is 0 Å². The summed E-state index contributed by atoms with van der Waals surface area (Å²) in [6.07, 6.45) is -2.88. The second-order valence-corrected chi connectivity index (χ2v) is 7.81. The van der Waals surface area contributed by atoms with Crippen LogP contribution in [-0.4, -0.2) is 43.3 Å². The molecule has 1 saturated heterocycles. The zero-order valence-electron chi connectivity index (χ0n) is 18.3. The largest absolute Gasteiger partial charge is 0.495 e. The molecule has 0 amide bonds. The highest BCUT2D eigenvalue weighted by Gasteiger charge is 2.22. The molecule has 0 saturated carbocycles. The minimum atomic E-state index is -2.88. The highest BCUT2D eigenvalue weighted by Crippen LogP contribution is 2.36. The lowest BCUT2D eigenvalue weighted by Gasteiger charge is -2.31. The van der Waals surface area contributed by atoms with Crippen LogP contribution in [0.4, 0.5) is 24.7 Å². The van der Waals surface area contributed by atoms with Crippen molar-refractivity contribution in [2.24, 2.45) is 0 Å². The first-order chi connectivity index (χ1) is 15.4. The Kier molecular flexibility index (Phi) is 6.36. The lowest BCUT2D eigenvalue weighted by Crippen LogP contribution is -2.43. The van der Waals surface area contributed by atoms with Gasteiger partial charge >= 0.3 is 0 Å². The Morgan fingerprint density at radius 3 is 2.53 bits per heavy atom. The molecule has 1 atom stereocenters. The van der Waals surface area contributed by atoms with Crippen LogP contribution in [0.25, 0.3) is 10.9 Å². The highest BCUT2D eigenvalue weighted by molar-refractivity contribution is 5.94. The second kappa shape index (κ2) is 9.20. The monoisotopic (exact) mass is 445 g/mol. The first-order valence-corrected chi connectivity index (χ1v) is 10.5. The smallest absolute Gasteiger partial charge is 0.266 e. The van der Waals surface area contributed by atoms with Crippen molar-refractivity contribution in [3.63, 3.8) is 0 Å². The van der Waals surface area contributed by atoms with Crippen LogP contribution in [0.3, 0.4) is 0 Å². The van der Waals surface area contributed by atoms with Crippen molar-refractivity contribution < 1.29 is 17.9 Å². The standard InChI is InChI=1S/C23H26F3N5O/c1-13(15-5-4-6-16(21(15)24)22(25)26)28-23-17-11-20(32-3)19(31-9-7-27-8-10-31)12-18(17)29-14(2)30-23/h4-6,11-13,22,27H,7-10H2,1-3H3,(H,28,29,30). The predicted octanol–water partition coefficient (Wildman–Crippen LogP) is 4.61. The van der Waals surface area contributed by atoms with Crippen molar-refractivity contribution in [1.29, 1.82) is 0 Å². The Balaban J connectivity index is 1.74. The summed E-state index contributed by atoms with van der Waals surface area (Å²) in [5.41, 5.74) is 1.22. The Morgan fingerprint density at radius 2 is 1.84 bits per heavy atom. The number of fused-ring (bicyclic) bond motifs is 1. The molecule has 1 aliphatic heterocycles. The van der Waals surface area contributed by atoms with Crippen LogP contribution in [0.5, 0.6) is 5.75 Å². The van der Waals surface area contributed by atoms with Crippen LogP contribution >= 0.6 is 0 Å². The van der Waals surface area contributed by atoms with Crippen molar-refractivity contribution in [1.82, 2.24) is 15.3 Å². The number of aromatic nitrogens is 2. The number of rotatable bonds is 6. The van der Waals surface area contributed by atoms with Gasteiger partial charge in [-0.2, -0.15) is 0 Å². The normalized spacial score (nSPS) is 15.3. The van der Waals surface area contributed by atoms with Crippen LogP contribution in [0.1, 0.15) is 36.3 Å².